The molecule has 0 saturated heterocycles. The second kappa shape index (κ2) is 8.02. The molecule has 0 radical (unpaired) electrons. The van der Waals surface area contributed by atoms with Crippen LogP contribution in [0.2, 0.25) is 0 Å². The number of anilines is 2. The number of nitrogens with two attached hydrogens (primary N) is 1. The number of rotatable bonds is 6. The molecule has 1 aliphatic rings. The first-order chi connectivity index (χ1) is 10.2. The molecule has 2 rings (SSSR count). The molecule has 1 saturated carbocycles. The summed E-state index contributed by atoms with van der Waals surface area (Å²) in [6, 6.07) is 0.441. The number of hydrogen-bond donors (Lipinski definition) is 2. The summed E-state index contributed by atoms with van der Waals surface area (Å²) >= 11 is 0. The summed E-state index contributed by atoms with van der Waals surface area (Å²) in [4.78, 5) is 8.69. The van der Waals surface area contributed by atoms with Crippen LogP contribution in [-0.2, 0) is 4.74 Å². The maximum atomic E-state index is 6.14. The van der Waals surface area contributed by atoms with Gasteiger partial charge >= 0.3 is 0 Å². The minimum absolute atomic E-state index is 0.431. The molecular formula is C15H26N4O2. The molecule has 118 valence electrons. The van der Waals surface area contributed by atoms with Gasteiger partial charge in [-0.1, -0.05) is 25.7 Å². The van der Waals surface area contributed by atoms with Gasteiger partial charge in [-0.15, -0.1) is 0 Å². The zero-order valence-corrected chi connectivity index (χ0v) is 13.0. The number of aromatic nitrogens is 2. The third-order valence-electron chi connectivity index (χ3n) is 3.74. The second-order valence-electron chi connectivity index (χ2n) is 5.51. The van der Waals surface area contributed by atoms with Gasteiger partial charge in [0.05, 0.1) is 6.61 Å². The summed E-state index contributed by atoms with van der Waals surface area (Å²) in [6.07, 6.45) is 7.51. The van der Waals surface area contributed by atoms with Gasteiger partial charge in [0.25, 0.3) is 0 Å². The van der Waals surface area contributed by atoms with Crippen LogP contribution >= 0.6 is 0 Å². The van der Waals surface area contributed by atoms with E-state index < -0.39 is 0 Å². The number of nitrogens with one attached hydrogen (secondary N) is 1. The number of ether oxygens (including phenoxy) is 2. The van der Waals surface area contributed by atoms with Gasteiger partial charge in [0.2, 0.25) is 5.88 Å². The SMILES string of the molecule is COCCOc1nc(C)nc(NC2CCCCCC2)c1N. The van der Waals surface area contributed by atoms with E-state index in [1.165, 1.54) is 38.5 Å². The van der Waals surface area contributed by atoms with Crippen LogP contribution in [0.1, 0.15) is 44.3 Å². The molecule has 3 N–H and O–H groups in total. The highest BCUT2D eigenvalue weighted by molar-refractivity contribution is 5.67. The Morgan fingerprint density at radius 3 is 2.52 bits per heavy atom. The number of aryl methyl sites for hydroxylation is 1. The molecule has 0 atom stereocenters. The first kappa shape index (κ1) is 15.8. The Bertz CT molecular complexity index is 446. The fourth-order valence-corrected chi connectivity index (χ4v) is 2.61. The molecule has 6 nitrogen and oxygen atoms in total. The highest BCUT2D eigenvalue weighted by Gasteiger charge is 2.17. The monoisotopic (exact) mass is 294 g/mol. The molecule has 1 aromatic rings. The van der Waals surface area contributed by atoms with Gasteiger partial charge in [-0.25, -0.2) is 4.98 Å². The summed E-state index contributed by atoms with van der Waals surface area (Å²) in [7, 11) is 1.64. The van der Waals surface area contributed by atoms with Crippen molar-refractivity contribution in [1.82, 2.24) is 9.97 Å². The Morgan fingerprint density at radius 1 is 1.14 bits per heavy atom. The molecular weight excluding hydrogens is 268 g/mol. The quantitative estimate of drug-likeness (QED) is 0.619. The van der Waals surface area contributed by atoms with Crippen LogP contribution in [0, 0.1) is 6.92 Å². The maximum Gasteiger partial charge on any atom is 0.242 e. The Morgan fingerprint density at radius 2 is 1.86 bits per heavy atom. The van der Waals surface area contributed by atoms with Crippen LogP contribution in [0.15, 0.2) is 0 Å². The molecule has 0 spiro atoms. The van der Waals surface area contributed by atoms with Crippen LogP contribution in [-0.4, -0.2) is 36.3 Å². The predicted octanol–water partition coefficient (Wildman–Crippen LogP) is 2.53. The van der Waals surface area contributed by atoms with Gasteiger partial charge < -0.3 is 20.5 Å². The lowest BCUT2D eigenvalue weighted by Crippen LogP contribution is -2.21. The van der Waals surface area contributed by atoms with Crippen molar-refractivity contribution in [3.05, 3.63) is 5.82 Å². The second-order valence-corrected chi connectivity index (χ2v) is 5.51. The lowest BCUT2D eigenvalue weighted by molar-refractivity contribution is 0.144. The smallest absolute Gasteiger partial charge is 0.242 e. The molecule has 0 aliphatic heterocycles. The molecule has 0 bridgehead atoms. The summed E-state index contributed by atoms with van der Waals surface area (Å²) in [5.41, 5.74) is 6.62. The predicted molar refractivity (Wildman–Crippen MR) is 83.7 cm³/mol. The summed E-state index contributed by atoms with van der Waals surface area (Å²) in [5, 5.41) is 3.47. The minimum atomic E-state index is 0.431. The summed E-state index contributed by atoms with van der Waals surface area (Å²) in [5.74, 6) is 1.80. The highest BCUT2D eigenvalue weighted by atomic mass is 16.5. The molecule has 1 aliphatic carbocycles. The first-order valence-corrected chi connectivity index (χ1v) is 7.73. The van der Waals surface area contributed by atoms with E-state index in [9.17, 15) is 0 Å². The van der Waals surface area contributed by atoms with Crippen LogP contribution in [0.4, 0.5) is 11.5 Å². The fraction of sp³-hybridized carbons (Fsp3) is 0.733. The molecule has 21 heavy (non-hydrogen) atoms. The molecule has 1 aromatic heterocycles. The minimum Gasteiger partial charge on any atom is -0.474 e. The van der Waals surface area contributed by atoms with E-state index in [1.807, 2.05) is 6.92 Å². The molecule has 6 heteroatoms. The number of nitrogens with zero attached hydrogens (tertiary/aromatic N) is 2. The van der Waals surface area contributed by atoms with E-state index in [2.05, 4.69) is 15.3 Å². The lowest BCUT2D eigenvalue weighted by atomic mass is 10.1. The zero-order chi connectivity index (χ0) is 15.1. The fourth-order valence-electron chi connectivity index (χ4n) is 2.61. The van der Waals surface area contributed by atoms with Crippen molar-refractivity contribution in [2.75, 3.05) is 31.4 Å². The topological polar surface area (TPSA) is 82.3 Å². The number of hydrogen-bond acceptors (Lipinski definition) is 6. The molecule has 0 aromatic carbocycles. The van der Waals surface area contributed by atoms with Crippen molar-refractivity contribution in [1.29, 1.82) is 0 Å². The molecule has 1 heterocycles. The molecule has 0 amide bonds. The van der Waals surface area contributed by atoms with Crippen molar-refractivity contribution in [2.24, 2.45) is 0 Å². The van der Waals surface area contributed by atoms with Gasteiger partial charge in [-0.3, -0.25) is 0 Å². The van der Waals surface area contributed by atoms with Crippen LogP contribution in [0.25, 0.3) is 0 Å². The van der Waals surface area contributed by atoms with Gasteiger partial charge in [-0.2, -0.15) is 4.98 Å². The average Bonchev–Trinajstić information content (AvgIpc) is 2.72. The van der Waals surface area contributed by atoms with Gasteiger partial charge in [-0.05, 0) is 19.8 Å². The Balaban J connectivity index is 2.06. The van der Waals surface area contributed by atoms with Crippen molar-refractivity contribution in [2.45, 2.75) is 51.5 Å². The van der Waals surface area contributed by atoms with Crippen LogP contribution < -0.4 is 15.8 Å². The number of methoxy groups -OCH3 is 1. The lowest BCUT2D eigenvalue weighted by Gasteiger charge is -2.19. The van der Waals surface area contributed by atoms with E-state index in [0.29, 0.717) is 42.5 Å². The Kier molecular flexibility index (Phi) is 6.04. The number of nitrogen functional groups attached to an aromatic ring is 1. The van der Waals surface area contributed by atoms with E-state index in [1.54, 1.807) is 7.11 Å². The Labute approximate surface area is 126 Å². The largest absolute Gasteiger partial charge is 0.474 e. The van der Waals surface area contributed by atoms with Crippen molar-refractivity contribution < 1.29 is 9.47 Å². The van der Waals surface area contributed by atoms with E-state index in [0.717, 1.165) is 0 Å². The van der Waals surface area contributed by atoms with Crippen LogP contribution in [0.5, 0.6) is 5.88 Å². The van der Waals surface area contributed by atoms with E-state index >= 15 is 0 Å². The molecule has 1 fully saturated rings. The van der Waals surface area contributed by atoms with Gasteiger partial charge in [0.15, 0.2) is 5.82 Å². The van der Waals surface area contributed by atoms with Gasteiger partial charge in [0, 0.05) is 13.2 Å². The first-order valence-electron chi connectivity index (χ1n) is 7.73. The summed E-state index contributed by atoms with van der Waals surface area (Å²) in [6.45, 7) is 2.79. The van der Waals surface area contributed by atoms with Gasteiger partial charge in [0.1, 0.15) is 18.1 Å². The highest BCUT2D eigenvalue weighted by Crippen LogP contribution is 2.28. The van der Waals surface area contributed by atoms with Crippen LogP contribution in [0.3, 0.4) is 0 Å². The van der Waals surface area contributed by atoms with Crippen molar-refractivity contribution in [3.63, 3.8) is 0 Å². The Hall–Kier alpha value is -1.56. The normalized spacial score (nSPS) is 16.5. The summed E-state index contributed by atoms with van der Waals surface area (Å²) < 4.78 is 10.5. The standard InChI is InChI=1S/C15H26N4O2/c1-11-17-14(19-12-7-5-3-4-6-8-12)13(16)15(18-11)21-10-9-20-2/h12H,3-10,16H2,1-2H3,(H,17,18,19). The zero-order valence-electron chi connectivity index (χ0n) is 13.0. The van der Waals surface area contributed by atoms with E-state index in [4.69, 9.17) is 15.2 Å². The van der Waals surface area contributed by atoms with Crippen molar-refractivity contribution in [3.8, 4) is 5.88 Å². The average molecular weight is 294 g/mol. The van der Waals surface area contributed by atoms with E-state index in [-0.39, 0.29) is 0 Å². The maximum absolute atomic E-state index is 6.14. The third-order valence-corrected chi connectivity index (χ3v) is 3.74. The third kappa shape index (κ3) is 4.74. The van der Waals surface area contributed by atoms with Crippen molar-refractivity contribution >= 4 is 11.5 Å². The molecule has 0 unspecified atom stereocenters.